The fourth-order valence-corrected chi connectivity index (χ4v) is 3.23. The predicted octanol–water partition coefficient (Wildman–Crippen LogP) is 2.69. The van der Waals surface area contributed by atoms with Crippen LogP contribution in [0.5, 0.6) is 0 Å². The van der Waals surface area contributed by atoms with Gasteiger partial charge in [0.2, 0.25) is 0 Å². The van der Waals surface area contributed by atoms with Crippen molar-refractivity contribution in [2.75, 3.05) is 6.26 Å². The molecule has 2 rings (SSSR count). The number of hydrogen-bond acceptors (Lipinski definition) is 5. The van der Waals surface area contributed by atoms with Crippen LogP contribution in [0.1, 0.15) is 16.2 Å². The Labute approximate surface area is 119 Å². The summed E-state index contributed by atoms with van der Waals surface area (Å²) in [4.78, 5) is 12.8. The SMILES string of the molecule is CSc1cccc(Sc2nnc(C)n2C)c1C(=O)O. The minimum absolute atomic E-state index is 0.320. The maximum absolute atomic E-state index is 11.4. The zero-order valence-corrected chi connectivity index (χ0v) is 12.4. The zero-order chi connectivity index (χ0) is 14.0. The van der Waals surface area contributed by atoms with Gasteiger partial charge in [-0.15, -0.1) is 22.0 Å². The van der Waals surface area contributed by atoms with Crippen molar-refractivity contribution in [3.8, 4) is 0 Å². The molecule has 1 N–H and O–H groups in total. The highest BCUT2D eigenvalue weighted by Gasteiger charge is 2.17. The standard InChI is InChI=1S/C12H13N3O2S2/c1-7-13-14-12(15(7)2)19-9-6-4-5-8(18-3)10(9)11(16)17/h4-6H,1-3H3,(H,16,17). The van der Waals surface area contributed by atoms with Gasteiger partial charge in [0.05, 0.1) is 5.56 Å². The smallest absolute Gasteiger partial charge is 0.337 e. The Kier molecular flexibility index (Phi) is 4.16. The van der Waals surface area contributed by atoms with Crippen molar-refractivity contribution in [3.05, 3.63) is 29.6 Å². The summed E-state index contributed by atoms with van der Waals surface area (Å²) in [6, 6.07) is 5.45. The Hall–Kier alpha value is -1.47. The van der Waals surface area contributed by atoms with Crippen molar-refractivity contribution < 1.29 is 9.90 Å². The van der Waals surface area contributed by atoms with Crippen LogP contribution in [0.3, 0.4) is 0 Å². The van der Waals surface area contributed by atoms with Gasteiger partial charge < -0.3 is 9.67 Å². The molecule has 2 aromatic rings. The maximum atomic E-state index is 11.4. The molecule has 1 heterocycles. The minimum Gasteiger partial charge on any atom is -0.478 e. The normalized spacial score (nSPS) is 10.7. The Morgan fingerprint density at radius 3 is 2.53 bits per heavy atom. The molecule has 7 heteroatoms. The average molecular weight is 295 g/mol. The van der Waals surface area contributed by atoms with E-state index in [4.69, 9.17) is 0 Å². The summed E-state index contributed by atoms with van der Waals surface area (Å²) in [5.41, 5.74) is 0.320. The van der Waals surface area contributed by atoms with E-state index in [2.05, 4.69) is 10.2 Å². The first-order valence-corrected chi connectivity index (χ1v) is 7.53. The summed E-state index contributed by atoms with van der Waals surface area (Å²) in [6.45, 7) is 1.85. The van der Waals surface area contributed by atoms with Gasteiger partial charge in [0.15, 0.2) is 5.16 Å². The second-order valence-electron chi connectivity index (χ2n) is 3.83. The second-order valence-corrected chi connectivity index (χ2v) is 5.69. The van der Waals surface area contributed by atoms with Crippen LogP contribution in [0.25, 0.3) is 0 Å². The fourth-order valence-electron chi connectivity index (χ4n) is 1.55. The number of aryl methyl sites for hydroxylation is 1. The quantitative estimate of drug-likeness (QED) is 0.875. The number of nitrogens with zero attached hydrogens (tertiary/aromatic N) is 3. The number of aromatic carboxylic acids is 1. The predicted molar refractivity (Wildman–Crippen MR) is 75.0 cm³/mol. The highest BCUT2D eigenvalue weighted by molar-refractivity contribution is 7.99. The topological polar surface area (TPSA) is 68.0 Å². The van der Waals surface area contributed by atoms with E-state index in [1.807, 2.05) is 30.9 Å². The monoisotopic (exact) mass is 295 g/mol. The molecule has 1 aromatic heterocycles. The molecule has 100 valence electrons. The molecule has 0 saturated heterocycles. The van der Waals surface area contributed by atoms with Gasteiger partial charge in [0.1, 0.15) is 5.82 Å². The Bertz CT molecular complexity index is 625. The molecule has 0 amide bonds. The summed E-state index contributed by atoms with van der Waals surface area (Å²) in [6.07, 6.45) is 1.86. The van der Waals surface area contributed by atoms with Crippen LogP contribution in [0.4, 0.5) is 0 Å². The lowest BCUT2D eigenvalue weighted by molar-refractivity contribution is 0.0689. The van der Waals surface area contributed by atoms with Crippen molar-refractivity contribution in [2.45, 2.75) is 21.9 Å². The summed E-state index contributed by atoms with van der Waals surface area (Å²) in [5.74, 6) is -0.133. The van der Waals surface area contributed by atoms with E-state index in [-0.39, 0.29) is 0 Å². The molecule has 0 aliphatic heterocycles. The van der Waals surface area contributed by atoms with Crippen molar-refractivity contribution in [1.82, 2.24) is 14.8 Å². The molecule has 0 aliphatic carbocycles. The Morgan fingerprint density at radius 1 is 1.32 bits per heavy atom. The lowest BCUT2D eigenvalue weighted by atomic mass is 10.2. The average Bonchev–Trinajstić information content (AvgIpc) is 2.70. The van der Waals surface area contributed by atoms with Crippen LogP contribution in [-0.2, 0) is 7.05 Å². The highest BCUT2D eigenvalue weighted by Crippen LogP contribution is 2.34. The fraction of sp³-hybridized carbons (Fsp3) is 0.250. The van der Waals surface area contributed by atoms with Crippen molar-refractivity contribution in [1.29, 1.82) is 0 Å². The van der Waals surface area contributed by atoms with Gasteiger partial charge in [0, 0.05) is 16.8 Å². The number of carboxylic acids is 1. The molecule has 0 saturated carbocycles. The molecule has 0 aliphatic rings. The van der Waals surface area contributed by atoms with Gasteiger partial charge in [-0.2, -0.15) is 0 Å². The first kappa shape index (κ1) is 14.0. The minimum atomic E-state index is -0.925. The second kappa shape index (κ2) is 5.66. The third kappa shape index (κ3) is 2.76. The van der Waals surface area contributed by atoms with E-state index in [0.29, 0.717) is 15.6 Å². The number of carboxylic acid groups (broad SMARTS) is 1. The molecule has 0 radical (unpaired) electrons. The van der Waals surface area contributed by atoms with Crippen LogP contribution in [-0.4, -0.2) is 32.1 Å². The van der Waals surface area contributed by atoms with Crippen LogP contribution in [0.15, 0.2) is 33.1 Å². The molecule has 19 heavy (non-hydrogen) atoms. The lowest BCUT2D eigenvalue weighted by Gasteiger charge is -2.09. The van der Waals surface area contributed by atoms with Crippen molar-refractivity contribution in [2.24, 2.45) is 7.05 Å². The number of hydrogen-bond donors (Lipinski definition) is 1. The molecule has 0 spiro atoms. The lowest BCUT2D eigenvalue weighted by Crippen LogP contribution is -2.02. The number of aromatic nitrogens is 3. The van der Waals surface area contributed by atoms with Crippen molar-refractivity contribution in [3.63, 3.8) is 0 Å². The molecule has 0 unspecified atom stereocenters. The largest absolute Gasteiger partial charge is 0.478 e. The van der Waals surface area contributed by atoms with Crippen molar-refractivity contribution >= 4 is 29.5 Å². The first-order valence-electron chi connectivity index (χ1n) is 5.48. The van der Waals surface area contributed by atoms with Crippen LogP contribution in [0.2, 0.25) is 0 Å². The van der Waals surface area contributed by atoms with Gasteiger partial charge in [-0.1, -0.05) is 6.07 Å². The highest BCUT2D eigenvalue weighted by atomic mass is 32.2. The number of benzene rings is 1. The van der Waals surface area contributed by atoms with E-state index < -0.39 is 5.97 Å². The Balaban J connectivity index is 2.45. The van der Waals surface area contributed by atoms with Crippen LogP contribution in [0, 0.1) is 6.92 Å². The van der Waals surface area contributed by atoms with Crippen LogP contribution < -0.4 is 0 Å². The van der Waals surface area contributed by atoms with Gasteiger partial charge in [-0.05, 0) is 37.1 Å². The summed E-state index contributed by atoms with van der Waals surface area (Å²) in [7, 11) is 1.86. The number of carbonyl (C=O) groups is 1. The van der Waals surface area contributed by atoms with E-state index in [1.165, 1.54) is 23.5 Å². The van der Waals surface area contributed by atoms with Gasteiger partial charge >= 0.3 is 5.97 Å². The van der Waals surface area contributed by atoms with E-state index in [9.17, 15) is 9.90 Å². The molecular formula is C12H13N3O2S2. The van der Waals surface area contributed by atoms with E-state index in [1.54, 1.807) is 12.1 Å². The third-order valence-electron chi connectivity index (χ3n) is 2.68. The van der Waals surface area contributed by atoms with E-state index >= 15 is 0 Å². The Morgan fingerprint density at radius 2 is 2.00 bits per heavy atom. The summed E-state index contributed by atoms with van der Waals surface area (Å²) >= 11 is 2.74. The zero-order valence-electron chi connectivity index (χ0n) is 10.7. The summed E-state index contributed by atoms with van der Waals surface area (Å²) in [5, 5.41) is 18.1. The van der Waals surface area contributed by atoms with Gasteiger partial charge in [-0.25, -0.2) is 4.79 Å². The summed E-state index contributed by atoms with van der Waals surface area (Å²) < 4.78 is 1.84. The number of thioether (sulfide) groups is 1. The first-order chi connectivity index (χ1) is 9.04. The number of rotatable bonds is 4. The molecule has 5 nitrogen and oxygen atoms in total. The molecule has 1 aromatic carbocycles. The molecular weight excluding hydrogens is 282 g/mol. The molecule has 0 atom stereocenters. The van der Waals surface area contributed by atoms with Crippen LogP contribution >= 0.6 is 23.5 Å². The van der Waals surface area contributed by atoms with Gasteiger partial charge in [0.25, 0.3) is 0 Å². The molecule has 0 fully saturated rings. The van der Waals surface area contributed by atoms with E-state index in [0.717, 1.165) is 10.7 Å². The third-order valence-corrected chi connectivity index (χ3v) is 4.55. The molecule has 0 bridgehead atoms. The maximum Gasteiger partial charge on any atom is 0.337 e. The van der Waals surface area contributed by atoms with Gasteiger partial charge in [-0.3, -0.25) is 0 Å².